The van der Waals surface area contributed by atoms with Gasteiger partial charge in [0.2, 0.25) is 5.91 Å². The molecule has 1 aromatic carbocycles. The first-order valence-corrected chi connectivity index (χ1v) is 10.7. The van der Waals surface area contributed by atoms with Gasteiger partial charge in [-0.3, -0.25) is 14.5 Å². The summed E-state index contributed by atoms with van der Waals surface area (Å²) in [6.07, 6.45) is 2.85. The number of hydrogen-bond acceptors (Lipinski definition) is 4. The van der Waals surface area contributed by atoms with Gasteiger partial charge in [-0.1, -0.05) is 24.3 Å². The zero-order valence-electron chi connectivity index (χ0n) is 18.0. The minimum absolute atomic E-state index is 0.185. The van der Waals surface area contributed by atoms with Crippen LogP contribution in [0.5, 0.6) is 0 Å². The Morgan fingerprint density at radius 1 is 1.10 bits per heavy atom. The summed E-state index contributed by atoms with van der Waals surface area (Å²) in [6.45, 7) is 6.28. The fourth-order valence-corrected chi connectivity index (χ4v) is 4.25. The highest BCUT2D eigenvalue weighted by Gasteiger charge is 2.37. The van der Waals surface area contributed by atoms with E-state index < -0.39 is 23.7 Å². The van der Waals surface area contributed by atoms with E-state index in [1.165, 1.54) is 4.90 Å². The highest BCUT2D eigenvalue weighted by molar-refractivity contribution is 5.86. The lowest BCUT2D eigenvalue weighted by Crippen LogP contribution is -2.54. The molecule has 0 saturated heterocycles. The number of nitrogens with one attached hydrogen (secondary N) is 1. The predicted octanol–water partition coefficient (Wildman–Crippen LogP) is 3.36. The Kier molecular flexibility index (Phi) is 6.68. The number of amides is 2. The van der Waals surface area contributed by atoms with Crippen LogP contribution in [0.4, 0.5) is 4.79 Å². The zero-order chi connectivity index (χ0) is 21.9. The third kappa shape index (κ3) is 5.52. The van der Waals surface area contributed by atoms with Gasteiger partial charge in [0.1, 0.15) is 11.6 Å². The second-order valence-corrected chi connectivity index (χ2v) is 9.40. The molecule has 3 rings (SSSR count). The third-order valence-corrected chi connectivity index (χ3v) is 5.94. The van der Waals surface area contributed by atoms with E-state index in [1.54, 1.807) is 0 Å². The summed E-state index contributed by atoms with van der Waals surface area (Å²) in [4.78, 5) is 38.5. The van der Waals surface area contributed by atoms with Crippen LogP contribution in [0.1, 0.15) is 57.6 Å². The number of hydrogen-bond donors (Lipinski definition) is 2. The number of aliphatic carboxylic acids is 1. The summed E-state index contributed by atoms with van der Waals surface area (Å²) < 4.78 is 5.55. The maximum Gasteiger partial charge on any atom is 0.411 e. The first-order chi connectivity index (χ1) is 14.1. The van der Waals surface area contributed by atoms with Gasteiger partial charge in [0, 0.05) is 13.0 Å². The van der Waals surface area contributed by atoms with Crippen LogP contribution in [0.15, 0.2) is 24.3 Å². The molecule has 1 aliphatic heterocycles. The van der Waals surface area contributed by atoms with E-state index in [1.807, 2.05) is 45.0 Å². The number of carbonyl (C=O) groups is 3. The Hall–Kier alpha value is -2.57. The van der Waals surface area contributed by atoms with Crippen molar-refractivity contribution in [1.82, 2.24) is 10.2 Å². The smallest absolute Gasteiger partial charge is 0.411 e. The summed E-state index contributed by atoms with van der Waals surface area (Å²) in [5.41, 5.74) is 1.46. The number of nitrogens with zero attached hydrogens (tertiary/aromatic N) is 1. The molecule has 164 valence electrons. The quantitative estimate of drug-likeness (QED) is 0.785. The van der Waals surface area contributed by atoms with Crippen molar-refractivity contribution >= 4 is 18.0 Å². The Bertz CT molecular complexity index is 793. The van der Waals surface area contributed by atoms with Gasteiger partial charge in [0.05, 0.1) is 12.5 Å². The molecule has 1 fully saturated rings. The topological polar surface area (TPSA) is 95.9 Å². The monoisotopic (exact) mass is 416 g/mol. The van der Waals surface area contributed by atoms with Gasteiger partial charge in [0.15, 0.2) is 0 Å². The van der Waals surface area contributed by atoms with Gasteiger partial charge < -0.3 is 15.2 Å². The van der Waals surface area contributed by atoms with E-state index in [0.717, 1.165) is 24.0 Å². The lowest BCUT2D eigenvalue weighted by Gasteiger charge is -2.37. The van der Waals surface area contributed by atoms with Gasteiger partial charge in [-0.05, 0) is 63.5 Å². The van der Waals surface area contributed by atoms with Crippen molar-refractivity contribution in [2.75, 3.05) is 6.54 Å². The number of fused-ring (bicyclic) bond motifs is 1. The minimum atomic E-state index is -0.730. The van der Waals surface area contributed by atoms with Crippen molar-refractivity contribution < 1.29 is 24.2 Å². The summed E-state index contributed by atoms with van der Waals surface area (Å²) in [6, 6.07) is 7.22. The normalized spacial score (nSPS) is 24.0. The molecule has 1 heterocycles. The maximum atomic E-state index is 13.0. The van der Waals surface area contributed by atoms with E-state index >= 15 is 0 Å². The van der Waals surface area contributed by atoms with Crippen molar-refractivity contribution in [1.29, 1.82) is 0 Å². The van der Waals surface area contributed by atoms with Gasteiger partial charge >= 0.3 is 12.1 Å². The SMILES string of the molecule is CC(C)(C)OC(=O)N1Cc2ccccc2CC1C(=O)NCC1CCC(C(=O)O)CC1. The number of carboxylic acids is 1. The Morgan fingerprint density at radius 3 is 2.33 bits per heavy atom. The van der Waals surface area contributed by atoms with E-state index in [0.29, 0.717) is 32.4 Å². The summed E-state index contributed by atoms with van der Waals surface area (Å²) in [5, 5.41) is 12.1. The number of carbonyl (C=O) groups excluding carboxylic acids is 2. The number of benzene rings is 1. The third-order valence-electron chi connectivity index (χ3n) is 5.94. The number of ether oxygens (including phenoxy) is 1. The van der Waals surface area contributed by atoms with Crippen molar-refractivity contribution in [3.05, 3.63) is 35.4 Å². The molecule has 30 heavy (non-hydrogen) atoms. The minimum Gasteiger partial charge on any atom is -0.481 e. The molecule has 0 aromatic heterocycles. The molecule has 2 N–H and O–H groups in total. The van der Waals surface area contributed by atoms with E-state index in [2.05, 4.69) is 5.32 Å². The number of rotatable bonds is 4. The van der Waals surface area contributed by atoms with Crippen molar-refractivity contribution in [3.8, 4) is 0 Å². The van der Waals surface area contributed by atoms with Crippen LogP contribution >= 0.6 is 0 Å². The highest BCUT2D eigenvalue weighted by Crippen LogP contribution is 2.29. The number of carboxylic acid groups (broad SMARTS) is 1. The fourth-order valence-electron chi connectivity index (χ4n) is 4.25. The molecule has 2 aliphatic rings. The first kappa shape index (κ1) is 22.1. The average molecular weight is 417 g/mol. The largest absolute Gasteiger partial charge is 0.481 e. The lowest BCUT2D eigenvalue weighted by atomic mass is 9.82. The van der Waals surface area contributed by atoms with Crippen LogP contribution in [0.3, 0.4) is 0 Å². The standard InChI is InChI=1S/C23H32N2O5/c1-23(2,3)30-22(29)25-14-18-7-5-4-6-17(18)12-19(25)20(26)24-13-15-8-10-16(11-9-15)21(27)28/h4-7,15-16,19H,8-14H2,1-3H3,(H,24,26)(H,27,28). The van der Waals surface area contributed by atoms with E-state index in [4.69, 9.17) is 9.84 Å². The van der Waals surface area contributed by atoms with Crippen LogP contribution in [-0.4, -0.2) is 46.2 Å². The molecule has 1 aliphatic carbocycles. The van der Waals surface area contributed by atoms with Crippen molar-refractivity contribution in [2.45, 2.75) is 71.1 Å². The van der Waals surface area contributed by atoms with E-state index in [9.17, 15) is 14.4 Å². The molecule has 0 radical (unpaired) electrons. The molecular formula is C23H32N2O5. The van der Waals surface area contributed by atoms with Gasteiger partial charge in [-0.15, -0.1) is 0 Å². The molecule has 0 bridgehead atoms. The second kappa shape index (κ2) is 9.06. The van der Waals surface area contributed by atoms with Crippen LogP contribution in [0.2, 0.25) is 0 Å². The van der Waals surface area contributed by atoms with Crippen molar-refractivity contribution in [3.63, 3.8) is 0 Å². The molecule has 0 spiro atoms. The predicted molar refractivity (Wildman–Crippen MR) is 112 cm³/mol. The molecule has 1 saturated carbocycles. The molecule has 7 nitrogen and oxygen atoms in total. The molecule has 2 amide bonds. The van der Waals surface area contributed by atoms with Crippen molar-refractivity contribution in [2.24, 2.45) is 11.8 Å². The van der Waals surface area contributed by atoms with Crippen LogP contribution in [0.25, 0.3) is 0 Å². The van der Waals surface area contributed by atoms with Crippen LogP contribution in [0, 0.1) is 11.8 Å². The van der Waals surface area contributed by atoms with Crippen LogP contribution in [-0.2, 0) is 27.3 Å². The maximum absolute atomic E-state index is 13.0. The Labute approximate surface area is 177 Å². The summed E-state index contributed by atoms with van der Waals surface area (Å²) in [5.74, 6) is -0.910. The molecule has 1 aromatic rings. The summed E-state index contributed by atoms with van der Waals surface area (Å²) >= 11 is 0. The second-order valence-electron chi connectivity index (χ2n) is 9.40. The molecule has 1 atom stereocenters. The first-order valence-electron chi connectivity index (χ1n) is 10.7. The van der Waals surface area contributed by atoms with Gasteiger partial charge in [0.25, 0.3) is 0 Å². The Balaban J connectivity index is 1.65. The highest BCUT2D eigenvalue weighted by atomic mass is 16.6. The van der Waals surface area contributed by atoms with E-state index in [-0.39, 0.29) is 17.7 Å². The van der Waals surface area contributed by atoms with Gasteiger partial charge in [-0.25, -0.2) is 4.79 Å². The van der Waals surface area contributed by atoms with Crippen LogP contribution < -0.4 is 5.32 Å². The zero-order valence-corrected chi connectivity index (χ0v) is 18.0. The van der Waals surface area contributed by atoms with Gasteiger partial charge in [-0.2, -0.15) is 0 Å². The summed E-state index contributed by atoms with van der Waals surface area (Å²) in [7, 11) is 0. The average Bonchev–Trinajstić information content (AvgIpc) is 2.70. The molecular weight excluding hydrogens is 384 g/mol. The fraction of sp³-hybridized carbons (Fsp3) is 0.609. The molecule has 7 heteroatoms. The molecule has 1 unspecified atom stereocenters. The lowest BCUT2D eigenvalue weighted by molar-refractivity contribution is -0.143. The Morgan fingerprint density at radius 2 is 1.73 bits per heavy atom.